The lowest BCUT2D eigenvalue weighted by molar-refractivity contribution is -0.147. The topological polar surface area (TPSA) is 29.5 Å². The van der Waals surface area contributed by atoms with Crippen molar-refractivity contribution in [3.63, 3.8) is 0 Å². The molecule has 3 nitrogen and oxygen atoms in total. The SMILES string of the molecule is COC(=O)C(C)C(C)N(C)C(C)CCSC. The number of nitrogens with zero attached hydrogens (tertiary/aromatic N) is 1. The van der Waals surface area contributed by atoms with E-state index >= 15 is 0 Å². The first kappa shape index (κ1) is 15.8. The van der Waals surface area contributed by atoms with Gasteiger partial charge in [0.2, 0.25) is 0 Å². The lowest BCUT2D eigenvalue weighted by Crippen LogP contribution is -2.43. The second-order valence-electron chi connectivity index (χ2n) is 4.35. The number of esters is 1. The molecule has 0 spiro atoms. The van der Waals surface area contributed by atoms with E-state index in [0.29, 0.717) is 6.04 Å². The summed E-state index contributed by atoms with van der Waals surface area (Å²) in [5, 5.41) is 0. The van der Waals surface area contributed by atoms with E-state index in [1.54, 1.807) is 0 Å². The molecule has 0 N–H and O–H groups in total. The molecule has 0 aliphatic carbocycles. The molecule has 0 fully saturated rings. The van der Waals surface area contributed by atoms with Gasteiger partial charge in [0.15, 0.2) is 0 Å². The van der Waals surface area contributed by atoms with Gasteiger partial charge in [-0.1, -0.05) is 6.92 Å². The van der Waals surface area contributed by atoms with Gasteiger partial charge in [-0.2, -0.15) is 11.8 Å². The molecule has 0 aromatic carbocycles. The first-order valence-electron chi connectivity index (χ1n) is 5.74. The Hall–Kier alpha value is -0.220. The third kappa shape index (κ3) is 4.74. The first-order chi connectivity index (χ1) is 7.45. The summed E-state index contributed by atoms with van der Waals surface area (Å²) in [6.45, 7) is 6.21. The molecule has 0 saturated carbocycles. The van der Waals surface area contributed by atoms with Crippen molar-refractivity contribution in [3.8, 4) is 0 Å². The number of hydrogen-bond acceptors (Lipinski definition) is 4. The maximum Gasteiger partial charge on any atom is 0.309 e. The summed E-state index contributed by atoms with van der Waals surface area (Å²) in [6.07, 6.45) is 3.27. The molecule has 0 amide bonds. The Balaban J connectivity index is 4.24. The molecule has 16 heavy (non-hydrogen) atoms. The minimum atomic E-state index is -0.128. The maximum absolute atomic E-state index is 11.4. The van der Waals surface area contributed by atoms with Crippen LogP contribution in [0.15, 0.2) is 0 Å². The van der Waals surface area contributed by atoms with Crippen molar-refractivity contribution in [2.75, 3.05) is 26.2 Å². The summed E-state index contributed by atoms with van der Waals surface area (Å²) >= 11 is 1.86. The van der Waals surface area contributed by atoms with Crippen molar-refractivity contribution in [1.82, 2.24) is 4.90 Å². The highest BCUT2D eigenvalue weighted by atomic mass is 32.2. The molecule has 3 unspecified atom stereocenters. The van der Waals surface area contributed by atoms with Crippen LogP contribution in [0.3, 0.4) is 0 Å². The van der Waals surface area contributed by atoms with E-state index in [-0.39, 0.29) is 17.9 Å². The Kier molecular flexibility index (Phi) is 7.85. The Bertz CT molecular complexity index is 211. The highest BCUT2D eigenvalue weighted by molar-refractivity contribution is 7.98. The summed E-state index contributed by atoms with van der Waals surface area (Å²) in [5.74, 6) is 0.952. The standard InChI is InChI=1S/C12H25NO2S/c1-9(7-8-16-6)13(4)11(3)10(2)12(14)15-5/h9-11H,7-8H2,1-6H3. The number of methoxy groups -OCH3 is 1. The van der Waals surface area contributed by atoms with Crippen LogP contribution in [-0.4, -0.2) is 49.1 Å². The lowest BCUT2D eigenvalue weighted by Gasteiger charge is -2.33. The zero-order chi connectivity index (χ0) is 12.7. The van der Waals surface area contributed by atoms with E-state index in [4.69, 9.17) is 4.74 Å². The highest BCUT2D eigenvalue weighted by Gasteiger charge is 2.26. The van der Waals surface area contributed by atoms with Gasteiger partial charge < -0.3 is 9.64 Å². The molecule has 0 aromatic rings. The molecule has 0 aromatic heterocycles. The molecule has 0 aliphatic heterocycles. The fourth-order valence-corrected chi connectivity index (χ4v) is 2.21. The predicted molar refractivity (Wildman–Crippen MR) is 70.9 cm³/mol. The van der Waals surface area contributed by atoms with E-state index in [1.807, 2.05) is 18.7 Å². The van der Waals surface area contributed by atoms with Gasteiger partial charge in [-0.05, 0) is 39.3 Å². The van der Waals surface area contributed by atoms with Crippen LogP contribution in [0, 0.1) is 5.92 Å². The molecular formula is C12H25NO2S. The molecule has 0 saturated heterocycles. The van der Waals surface area contributed by atoms with Crippen molar-refractivity contribution in [2.45, 2.75) is 39.3 Å². The van der Waals surface area contributed by atoms with Gasteiger partial charge in [0, 0.05) is 12.1 Å². The minimum absolute atomic E-state index is 0.0771. The van der Waals surface area contributed by atoms with Crippen LogP contribution < -0.4 is 0 Å². The summed E-state index contributed by atoms with van der Waals surface area (Å²) in [7, 11) is 3.53. The number of carbonyl (C=O) groups is 1. The van der Waals surface area contributed by atoms with Crippen LogP contribution in [0.5, 0.6) is 0 Å². The quantitative estimate of drug-likeness (QED) is 0.645. The molecule has 0 radical (unpaired) electrons. The first-order valence-corrected chi connectivity index (χ1v) is 7.13. The Labute approximate surface area is 104 Å². The largest absolute Gasteiger partial charge is 0.469 e. The third-order valence-electron chi connectivity index (χ3n) is 3.37. The van der Waals surface area contributed by atoms with Crippen LogP contribution in [0.2, 0.25) is 0 Å². The number of rotatable bonds is 7. The number of carbonyl (C=O) groups excluding carboxylic acids is 1. The fraction of sp³-hybridized carbons (Fsp3) is 0.917. The van der Waals surface area contributed by atoms with Gasteiger partial charge in [0.05, 0.1) is 13.0 Å². The molecule has 4 heteroatoms. The van der Waals surface area contributed by atoms with Crippen molar-refractivity contribution in [3.05, 3.63) is 0 Å². The van der Waals surface area contributed by atoms with Gasteiger partial charge in [-0.3, -0.25) is 4.79 Å². The van der Waals surface area contributed by atoms with Crippen LogP contribution in [0.4, 0.5) is 0 Å². The van der Waals surface area contributed by atoms with Gasteiger partial charge >= 0.3 is 5.97 Å². The minimum Gasteiger partial charge on any atom is -0.469 e. The fourth-order valence-electron chi connectivity index (χ4n) is 1.63. The van der Waals surface area contributed by atoms with Crippen LogP contribution in [0.1, 0.15) is 27.2 Å². The van der Waals surface area contributed by atoms with E-state index in [9.17, 15) is 4.79 Å². The molecule has 0 heterocycles. The Morgan fingerprint density at radius 3 is 2.38 bits per heavy atom. The number of hydrogen-bond donors (Lipinski definition) is 0. The number of ether oxygens (including phenoxy) is 1. The molecule has 0 bridgehead atoms. The van der Waals surface area contributed by atoms with E-state index in [2.05, 4.69) is 32.1 Å². The molecule has 0 aliphatic rings. The van der Waals surface area contributed by atoms with Crippen molar-refractivity contribution in [1.29, 1.82) is 0 Å². The summed E-state index contributed by atoms with van der Waals surface area (Å²) in [5.41, 5.74) is 0. The summed E-state index contributed by atoms with van der Waals surface area (Å²) in [4.78, 5) is 13.7. The second kappa shape index (κ2) is 7.96. The maximum atomic E-state index is 11.4. The zero-order valence-corrected chi connectivity index (χ0v) is 12.1. The van der Waals surface area contributed by atoms with E-state index in [0.717, 1.165) is 12.2 Å². The predicted octanol–water partition coefficient (Wildman–Crippen LogP) is 2.26. The van der Waals surface area contributed by atoms with Crippen molar-refractivity contribution < 1.29 is 9.53 Å². The molecule has 96 valence electrons. The van der Waals surface area contributed by atoms with Crippen LogP contribution in [0.25, 0.3) is 0 Å². The summed E-state index contributed by atoms with van der Waals surface area (Å²) < 4.78 is 4.77. The average Bonchev–Trinajstić information content (AvgIpc) is 2.31. The Morgan fingerprint density at radius 1 is 1.38 bits per heavy atom. The monoisotopic (exact) mass is 247 g/mol. The lowest BCUT2D eigenvalue weighted by atomic mass is 10.0. The number of thioether (sulfide) groups is 1. The summed E-state index contributed by atoms with van der Waals surface area (Å²) in [6, 6.07) is 0.707. The Morgan fingerprint density at radius 2 is 1.94 bits per heavy atom. The smallest absolute Gasteiger partial charge is 0.309 e. The van der Waals surface area contributed by atoms with Gasteiger partial charge in [-0.25, -0.2) is 0 Å². The average molecular weight is 247 g/mol. The molecule has 3 atom stereocenters. The second-order valence-corrected chi connectivity index (χ2v) is 5.33. The van der Waals surface area contributed by atoms with Crippen LogP contribution in [-0.2, 0) is 9.53 Å². The molecule has 0 rings (SSSR count). The van der Waals surface area contributed by atoms with Gasteiger partial charge in [-0.15, -0.1) is 0 Å². The van der Waals surface area contributed by atoms with Crippen molar-refractivity contribution >= 4 is 17.7 Å². The van der Waals surface area contributed by atoms with Gasteiger partial charge in [0.25, 0.3) is 0 Å². The normalized spacial score (nSPS) is 16.9. The van der Waals surface area contributed by atoms with Crippen LogP contribution >= 0.6 is 11.8 Å². The highest BCUT2D eigenvalue weighted by Crippen LogP contribution is 2.16. The zero-order valence-electron chi connectivity index (χ0n) is 11.3. The van der Waals surface area contributed by atoms with Gasteiger partial charge in [0.1, 0.15) is 0 Å². The molecular weight excluding hydrogens is 222 g/mol. The third-order valence-corrected chi connectivity index (χ3v) is 4.02. The van der Waals surface area contributed by atoms with E-state index < -0.39 is 0 Å². The van der Waals surface area contributed by atoms with Crippen molar-refractivity contribution in [2.24, 2.45) is 5.92 Å². The van der Waals surface area contributed by atoms with E-state index in [1.165, 1.54) is 7.11 Å².